The van der Waals surface area contributed by atoms with Crippen LogP contribution in [0.25, 0.3) is 22.0 Å². The molecule has 7 heteroatoms. The number of fused-ring (bicyclic) bond motifs is 3. The van der Waals surface area contributed by atoms with Gasteiger partial charge in [-0.3, -0.25) is 0 Å². The van der Waals surface area contributed by atoms with E-state index >= 15 is 0 Å². The number of rotatable bonds is 5. The fourth-order valence-corrected chi connectivity index (χ4v) is 6.08. The third-order valence-corrected chi connectivity index (χ3v) is 7.95. The molecule has 0 unspecified atom stereocenters. The molecule has 3 atom stereocenters. The number of likely N-dealkylation sites (N-methyl/N-ethyl adjacent to an activating group) is 1. The van der Waals surface area contributed by atoms with Crippen LogP contribution < -0.4 is 20.7 Å². The van der Waals surface area contributed by atoms with Gasteiger partial charge in [0.2, 0.25) is 0 Å². The summed E-state index contributed by atoms with van der Waals surface area (Å²) < 4.78 is 6.25. The van der Waals surface area contributed by atoms with Crippen LogP contribution in [0.5, 0.6) is 6.01 Å². The van der Waals surface area contributed by atoms with Gasteiger partial charge < -0.3 is 25.6 Å². The highest BCUT2D eigenvalue weighted by atomic mass is 16.5. The summed E-state index contributed by atoms with van der Waals surface area (Å²) in [5, 5.41) is 4.67. The van der Waals surface area contributed by atoms with Crippen LogP contribution >= 0.6 is 0 Å². The Hall–Kier alpha value is -2.90. The van der Waals surface area contributed by atoms with Crippen LogP contribution in [0.1, 0.15) is 31.2 Å². The van der Waals surface area contributed by atoms with E-state index in [0.717, 1.165) is 65.2 Å². The number of anilines is 2. The zero-order valence-electron chi connectivity index (χ0n) is 20.1. The van der Waals surface area contributed by atoms with Crippen molar-refractivity contribution in [3.05, 3.63) is 42.0 Å². The van der Waals surface area contributed by atoms with E-state index in [1.54, 1.807) is 0 Å². The van der Waals surface area contributed by atoms with Crippen LogP contribution in [0, 0.1) is 6.92 Å². The normalized spacial score (nSPS) is 24.8. The van der Waals surface area contributed by atoms with E-state index < -0.39 is 0 Å². The standard InChI is InChI=1S/C27H34N6O/c1-17-5-3-7-23(28)25(17)18-8-11-22-24(13-18)30-27(34-16-21-6-4-12-32(21)2)31-26(22)33-19-9-10-20(33)15-29-14-19/h3,5,7-8,11,13,19-21,29H,4,6,9-10,12,14-16,28H2,1-2H3/t19-,20+,21-/m0/s1. The monoisotopic (exact) mass is 458 g/mol. The van der Waals surface area contributed by atoms with Crippen molar-refractivity contribution in [1.82, 2.24) is 20.2 Å². The number of likely N-dealkylation sites (tertiary alicyclic amines) is 1. The summed E-state index contributed by atoms with van der Waals surface area (Å²) in [6.07, 6.45) is 4.78. The quantitative estimate of drug-likeness (QED) is 0.566. The van der Waals surface area contributed by atoms with Crippen LogP contribution in [0.4, 0.5) is 11.5 Å². The summed E-state index contributed by atoms with van der Waals surface area (Å²) in [4.78, 5) is 14.8. The molecule has 1 aromatic heterocycles. The summed E-state index contributed by atoms with van der Waals surface area (Å²) in [5.74, 6) is 1.01. The Morgan fingerprint density at radius 1 is 1.09 bits per heavy atom. The Bertz CT molecular complexity index is 1180. The number of hydrogen-bond donors (Lipinski definition) is 2. The van der Waals surface area contributed by atoms with Gasteiger partial charge in [-0.2, -0.15) is 9.97 Å². The SMILES string of the molecule is Cc1cccc(N)c1-c1ccc2c(N3[C@@H]4CC[C@H]3CNC4)nc(OC[C@@H]3CCCN3C)nc2c1. The molecule has 4 heterocycles. The van der Waals surface area contributed by atoms with Gasteiger partial charge in [0.1, 0.15) is 12.4 Å². The lowest BCUT2D eigenvalue weighted by Gasteiger charge is -2.37. The molecule has 178 valence electrons. The number of aromatic nitrogens is 2. The van der Waals surface area contributed by atoms with Crippen LogP contribution in [0.15, 0.2) is 36.4 Å². The number of nitrogens with one attached hydrogen (secondary N) is 1. The van der Waals surface area contributed by atoms with Crippen molar-refractivity contribution < 1.29 is 4.74 Å². The third kappa shape index (κ3) is 3.77. The van der Waals surface area contributed by atoms with Crippen molar-refractivity contribution in [2.75, 3.05) is 43.9 Å². The largest absolute Gasteiger partial charge is 0.462 e. The summed E-state index contributed by atoms with van der Waals surface area (Å²) >= 11 is 0. The van der Waals surface area contributed by atoms with Gasteiger partial charge in [-0.1, -0.05) is 18.2 Å². The zero-order valence-corrected chi connectivity index (χ0v) is 20.1. The summed E-state index contributed by atoms with van der Waals surface area (Å²) in [6, 6.07) is 14.4. The van der Waals surface area contributed by atoms with Crippen molar-refractivity contribution in [3.63, 3.8) is 0 Å². The van der Waals surface area contributed by atoms with Gasteiger partial charge in [-0.25, -0.2) is 0 Å². The van der Waals surface area contributed by atoms with Gasteiger partial charge in [-0.15, -0.1) is 0 Å². The number of hydrogen-bond acceptors (Lipinski definition) is 7. The molecule has 0 aliphatic carbocycles. The predicted molar refractivity (Wildman–Crippen MR) is 137 cm³/mol. The van der Waals surface area contributed by atoms with Crippen molar-refractivity contribution >= 4 is 22.4 Å². The van der Waals surface area contributed by atoms with E-state index in [1.807, 2.05) is 12.1 Å². The third-order valence-electron chi connectivity index (χ3n) is 7.95. The molecule has 2 bridgehead atoms. The van der Waals surface area contributed by atoms with Gasteiger partial charge in [-0.05, 0) is 75.5 Å². The molecule has 6 rings (SSSR count). The second kappa shape index (κ2) is 8.71. The molecule has 0 spiro atoms. The first-order chi connectivity index (χ1) is 16.6. The molecule has 3 aromatic rings. The van der Waals surface area contributed by atoms with Gasteiger partial charge in [0, 0.05) is 47.9 Å². The Morgan fingerprint density at radius 3 is 2.65 bits per heavy atom. The maximum absolute atomic E-state index is 6.37. The minimum Gasteiger partial charge on any atom is -0.462 e. The lowest BCUT2D eigenvalue weighted by atomic mass is 9.97. The van der Waals surface area contributed by atoms with Crippen LogP contribution in [0.2, 0.25) is 0 Å². The fourth-order valence-electron chi connectivity index (χ4n) is 6.08. The van der Waals surface area contributed by atoms with Crippen molar-refractivity contribution in [2.45, 2.75) is 50.7 Å². The van der Waals surface area contributed by atoms with E-state index in [9.17, 15) is 0 Å². The first-order valence-corrected chi connectivity index (χ1v) is 12.6. The molecule has 0 amide bonds. The molecule has 3 aliphatic rings. The number of nitrogen functional groups attached to an aromatic ring is 1. The molecule has 7 nitrogen and oxygen atoms in total. The zero-order chi connectivity index (χ0) is 23.2. The molecule has 3 N–H and O–H groups in total. The number of aryl methyl sites for hydroxylation is 1. The average Bonchev–Trinajstić information content (AvgIpc) is 3.35. The number of benzene rings is 2. The van der Waals surface area contributed by atoms with Crippen molar-refractivity contribution in [3.8, 4) is 17.1 Å². The Labute approximate surface area is 201 Å². The molecule has 3 aliphatic heterocycles. The molecular formula is C27H34N6O. The summed E-state index contributed by atoms with van der Waals surface area (Å²) in [7, 11) is 2.17. The second-order valence-electron chi connectivity index (χ2n) is 10.1. The van der Waals surface area contributed by atoms with Crippen LogP contribution in [0.3, 0.4) is 0 Å². The highest BCUT2D eigenvalue weighted by Crippen LogP contribution is 2.38. The average molecular weight is 459 g/mol. The van der Waals surface area contributed by atoms with Crippen LogP contribution in [-0.2, 0) is 0 Å². The maximum Gasteiger partial charge on any atom is 0.319 e. The molecular weight excluding hydrogens is 424 g/mol. The first kappa shape index (κ1) is 21.6. The summed E-state index contributed by atoms with van der Waals surface area (Å²) in [6.45, 7) is 5.86. The van der Waals surface area contributed by atoms with E-state index in [-0.39, 0.29) is 0 Å². The number of nitrogens with zero attached hydrogens (tertiary/aromatic N) is 4. The van der Waals surface area contributed by atoms with Gasteiger partial charge >= 0.3 is 6.01 Å². The highest BCUT2D eigenvalue weighted by molar-refractivity contribution is 5.94. The van der Waals surface area contributed by atoms with Crippen molar-refractivity contribution in [2.24, 2.45) is 0 Å². The molecule has 0 saturated carbocycles. The Kier molecular flexibility index (Phi) is 5.54. The van der Waals surface area contributed by atoms with Crippen molar-refractivity contribution in [1.29, 1.82) is 0 Å². The summed E-state index contributed by atoms with van der Waals surface area (Å²) in [5.41, 5.74) is 11.4. The van der Waals surface area contributed by atoms with Gasteiger partial charge in [0.15, 0.2) is 0 Å². The van der Waals surface area contributed by atoms with E-state index in [1.165, 1.54) is 19.3 Å². The van der Waals surface area contributed by atoms with Crippen LogP contribution in [-0.4, -0.2) is 66.3 Å². The predicted octanol–water partition coefficient (Wildman–Crippen LogP) is 3.60. The highest BCUT2D eigenvalue weighted by Gasteiger charge is 2.38. The number of piperazine rings is 1. The fraction of sp³-hybridized carbons (Fsp3) is 0.481. The van der Waals surface area contributed by atoms with Gasteiger partial charge in [0.25, 0.3) is 0 Å². The molecule has 2 aromatic carbocycles. The first-order valence-electron chi connectivity index (χ1n) is 12.6. The second-order valence-corrected chi connectivity index (χ2v) is 10.1. The van der Waals surface area contributed by atoms with E-state index in [4.69, 9.17) is 20.4 Å². The molecule has 3 saturated heterocycles. The minimum atomic E-state index is 0.427. The topological polar surface area (TPSA) is 79.5 Å². The smallest absolute Gasteiger partial charge is 0.319 e. The lowest BCUT2D eigenvalue weighted by molar-refractivity contribution is 0.188. The molecule has 3 fully saturated rings. The molecule has 0 radical (unpaired) electrons. The lowest BCUT2D eigenvalue weighted by Crippen LogP contribution is -2.52. The van der Waals surface area contributed by atoms with Gasteiger partial charge in [0.05, 0.1) is 5.52 Å². The maximum atomic E-state index is 6.37. The minimum absolute atomic E-state index is 0.427. The number of ether oxygens (including phenoxy) is 1. The molecule has 34 heavy (non-hydrogen) atoms. The Balaban J connectivity index is 1.43. The number of nitrogens with two attached hydrogens (primary N) is 1. The van der Waals surface area contributed by atoms with E-state index in [0.29, 0.717) is 30.7 Å². The van der Waals surface area contributed by atoms with E-state index in [2.05, 4.69) is 53.4 Å². The Morgan fingerprint density at radius 2 is 1.91 bits per heavy atom.